The van der Waals surface area contributed by atoms with Crippen LogP contribution in [0.2, 0.25) is 5.15 Å². The minimum atomic E-state index is -0.266. The summed E-state index contributed by atoms with van der Waals surface area (Å²) < 4.78 is 2.68. The average Bonchev–Trinajstić information content (AvgIpc) is 3.14. The molecule has 2 heterocycles. The van der Waals surface area contributed by atoms with Crippen molar-refractivity contribution in [2.24, 2.45) is 0 Å². The van der Waals surface area contributed by atoms with E-state index >= 15 is 0 Å². The molecule has 0 unspecified atom stereocenters. The number of rotatable bonds is 4. The summed E-state index contributed by atoms with van der Waals surface area (Å²) in [5, 5.41) is 8.69. The molecule has 7 heteroatoms. The fourth-order valence-electron chi connectivity index (χ4n) is 2.98. The standard InChI is InChI=1S/C20H17ClN4OS/c1-12-18(19(21)25(24-12)11-14-6-4-3-5-7-14)20(26)23-15-8-9-16-17(10-15)27-13(2)22-16/h3-10H,11H2,1-2H3,(H,23,26). The molecule has 27 heavy (non-hydrogen) atoms. The highest BCUT2D eigenvalue weighted by Crippen LogP contribution is 2.26. The fraction of sp³-hybridized carbons (Fsp3) is 0.150. The number of nitrogens with one attached hydrogen (secondary N) is 1. The first-order valence-electron chi connectivity index (χ1n) is 8.46. The van der Waals surface area contributed by atoms with Gasteiger partial charge >= 0.3 is 0 Å². The number of aryl methyl sites for hydroxylation is 2. The quantitative estimate of drug-likeness (QED) is 0.524. The van der Waals surface area contributed by atoms with Crippen molar-refractivity contribution in [3.05, 3.63) is 75.5 Å². The molecule has 0 aliphatic heterocycles. The summed E-state index contributed by atoms with van der Waals surface area (Å²) in [6.45, 7) is 4.27. The zero-order chi connectivity index (χ0) is 19.0. The van der Waals surface area contributed by atoms with E-state index in [0.717, 1.165) is 20.8 Å². The first-order chi connectivity index (χ1) is 13.0. The van der Waals surface area contributed by atoms with Gasteiger partial charge in [-0.1, -0.05) is 41.9 Å². The van der Waals surface area contributed by atoms with Crippen LogP contribution in [0.1, 0.15) is 26.6 Å². The number of hydrogen-bond donors (Lipinski definition) is 1. The number of halogens is 1. The minimum absolute atomic E-state index is 0.266. The molecule has 5 nitrogen and oxygen atoms in total. The van der Waals surface area contributed by atoms with Crippen molar-refractivity contribution in [3.8, 4) is 0 Å². The molecule has 4 rings (SSSR count). The largest absolute Gasteiger partial charge is 0.322 e. The Morgan fingerprint density at radius 1 is 1.19 bits per heavy atom. The topological polar surface area (TPSA) is 59.8 Å². The summed E-state index contributed by atoms with van der Waals surface area (Å²) in [5.41, 5.74) is 3.71. The highest BCUT2D eigenvalue weighted by Gasteiger charge is 2.20. The van der Waals surface area contributed by atoms with Gasteiger partial charge in [0.25, 0.3) is 5.91 Å². The van der Waals surface area contributed by atoms with Crippen LogP contribution in [-0.4, -0.2) is 20.7 Å². The molecular formula is C20H17ClN4OS. The van der Waals surface area contributed by atoms with E-state index in [1.165, 1.54) is 0 Å². The Morgan fingerprint density at radius 2 is 1.96 bits per heavy atom. The molecule has 0 saturated heterocycles. The number of hydrogen-bond acceptors (Lipinski definition) is 4. The summed E-state index contributed by atoms with van der Waals surface area (Å²) >= 11 is 8.07. The van der Waals surface area contributed by atoms with Crippen LogP contribution in [0.15, 0.2) is 48.5 Å². The van der Waals surface area contributed by atoms with E-state index in [2.05, 4.69) is 15.4 Å². The lowest BCUT2D eigenvalue weighted by Gasteiger charge is -2.06. The molecular weight excluding hydrogens is 380 g/mol. The van der Waals surface area contributed by atoms with E-state index < -0.39 is 0 Å². The third-order valence-electron chi connectivity index (χ3n) is 4.22. The van der Waals surface area contributed by atoms with Crippen molar-refractivity contribution >= 4 is 44.7 Å². The maximum atomic E-state index is 12.8. The van der Waals surface area contributed by atoms with E-state index in [1.807, 2.05) is 55.5 Å². The van der Waals surface area contributed by atoms with Crippen molar-refractivity contribution < 1.29 is 4.79 Å². The Balaban J connectivity index is 1.59. The van der Waals surface area contributed by atoms with Gasteiger partial charge in [-0.25, -0.2) is 9.67 Å². The zero-order valence-corrected chi connectivity index (χ0v) is 16.4. The molecule has 0 bridgehead atoms. The minimum Gasteiger partial charge on any atom is -0.322 e. The van der Waals surface area contributed by atoms with Crippen LogP contribution in [0.4, 0.5) is 5.69 Å². The molecule has 0 aliphatic rings. The third kappa shape index (κ3) is 3.59. The molecule has 4 aromatic rings. The lowest BCUT2D eigenvalue weighted by atomic mass is 10.2. The molecule has 2 aromatic heterocycles. The van der Waals surface area contributed by atoms with Gasteiger partial charge in [0.2, 0.25) is 0 Å². The predicted molar refractivity (Wildman–Crippen MR) is 110 cm³/mol. The molecule has 136 valence electrons. The maximum absolute atomic E-state index is 12.8. The lowest BCUT2D eigenvalue weighted by Crippen LogP contribution is -2.13. The number of amides is 1. The normalized spacial score (nSPS) is 11.1. The third-order valence-corrected chi connectivity index (χ3v) is 5.54. The van der Waals surface area contributed by atoms with Gasteiger partial charge in [-0.2, -0.15) is 5.10 Å². The van der Waals surface area contributed by atoms with Gasteiger partial charge in [0.15, 0.2) is 0 Å². The highest BCUT2D eigenvalue weighted by molar-refractivity contribution is 7.18. The highest BCUT2D eigenvalue weighted by atomic mass is 35.5. The zero-order valence-electron chi connectivity index (χ0n) is 14.9. The smallest absolute Gasteiger partial charge is 0.260 e. The summed E-state index contributed by atoms with van der Waals surface area (Å²) in [5.74, 6) is -0.266. The van der Waals surface area contributed by atoms with Crippen molar-refractivity contribution in [2.45, 2.75) is 20.4 Å². The van der Waals surface area contributed by atoms with Gasteiger partial charge in [-0.15, -0.1) is 11.3 Å². The molecule has 2 aromatic carbocycles. The van der Waals surface area contributed by atoms with E-state index in [1.54, 1.807) is 22.9 Å². The average molecular weight is 397 g/mol. The number of thiazole rings is 1. The number of nitrogens with zero attached hydrogens (tertiary/aromatic N) is 3. The molecule has 0 aliphatic carbocycles. The van der Waals surface area contributed by atoms with Crippen LogP contribution in [-0.2, 0) is 6.54 Å². The van der Waals surface area contributed by atoms with Crippen LogP contribution in [0.3, 0.4) is 0 Å². The van der Waals surface area contributed by atoms with E-state index in [9.17, 15) is 4.79 Å². The molecule has 1 N–H and O–H groups in total. The van der Waals surface area contributed by atoms with E-state index in [0.29, 0.717) is 28.6 Å². The first kappa shape index (κ1) is 17.7. The second-order valence-electron chi connectivity index (χ2n) is 6.26. The van der Waals surface area contributed by atoms with Gasteiger partial charge in [0.1, 0.15) is 5.15 Å². The monoisotopic (exact) mass is 396 g/mol. The Bertz CT molecular complexity index is 1130. The first-order valence-corrected chi connectivity index (χ1v) is 9.66. The molecule has 0 atom stereocenters. The van der Waals surface area contributed by atoms with Gasteiger partial charge in [0.05, 0.1) is 33.0 Å². The van der Waals surface area contributed by atoms with Gasteiger partial charge in [-0.3, -0.25) is 4.79 Å². The molecule has 0 fully saturated rings. The van der Waals surface area contributed by atoms with Crippen LogP contribution < -0.4 is 5.32 Å². The molecule has 0 radical (unpaired) electrons. The van der Waals surface area contributed by atoms with Gasteiger partial charge in [0, 0.05) is 5.69 Å². The number of anilines is 1. The van der Waals surface area contributed by atoms with Gasteiger partial charge < -0.3 is 5.32 Å². The van der Waals surface area contributed by atoms with Crippen molar-refractivity contribution in [2.75, 3.05) is 5.32 Å². The Morgan fingerprint density at radius 3 is 2.74 bits per heavy atom. The van der Waals surface area contributed by atoms with Crippen molar-refractivity contribution in [1.82, 2.24) is 14.8 Å². The molecule has 0 spiro atoms. The summed E-state index contributed by atoms with van der Waals surface area (Å²) in [6.07, 6.45) is 0. The van der Waals surface area contributed by atoms with Crippen molar-refractivity contribution in [3.63, 3.8) is 0 Å². The summed E-state index contributed by atoms with van der Waals surface area (Å²) in [6, 6.07) is 15.6. The van der Waals surface area contributed by atoms with Crippen molar-refractivity contribution in [1.29, 1.82) is 0 Å². The Labute approximate surface area is 165 Å². The second kappa shape index (κ2) is 7.13. The predicted octanol–water partition coefficient (Wildman–Crippen LogP) is 5.06. The van der Waals surface area contributed by atoms with E-state index in [-0.39, 0.29) is 5.91 Å². The number of carbonyl (C=O) groups is 1. The molecule has 0 saturated carbocycles. The lowest BCUT2D eigenvalue weighted by molar-refractivity contribution is 0.102. The number of carbonyl (C=O) groups excluding carboxylic acids is 1. The Hall–Kier alpha value is -2.70. The molecule has 1 amide bonds. The number of aromatic nitrogens is 3. The SMILES string of the molecule is Cc1nc2ccc(NC(=O)c3c(C)nn(Cc4ccccc4)c3Cl)cc2s1. The summed E-state index contributed by atoms with van der Waals surface area (Å²) in [4.78, 5) is 17.2. The van der Waals surface area contributed by atoms with Gasteiger partial charge in [-0.05, 0) is 37.6 Å². The Kier molecular flexibility index (Phi) is 4.68. The fourth-order valence-corrected chi connectivity index (χ4v) is 4.17. The number of fused-ring (bicyclic) bond motifs is 1. The van der Waals surface area contributed by atoms with E-state index in [4.69, 9.17) is 11.6 Å². The maximum Gasteiger partial charge on any atom is 0.260 e. The van der Waals surface area contributed by atoms with Crippen LogP contribution in [0.5, 0.6) is 0 Å². The second-order valence-corrected chi connectivity index (χ2v) is 7.86. The summed E-state index contributed by atoms with van der Waals surface area (Å²) in [7, 11) is 0. The number of benzene rings is 2. The van der Waals surface area contributed by atoms with Crippen LogP contribution in [0, 0.1) is 13.8 Å². The van der Waals surface area contributed by atoms with Crippen LogP contribution in [0.25, 0.3) is 10.2 Å². The van der Waals surface area contributed by atoms with Crippen LogP contribution >= 0.6 is 22.9 Å².